The van der Waals surface area contributed by atoms with Gasteiger partial charge in [0.15, 0.2) is 19.7 Å². The van der Waals surface area contributed by atoms with E-state index in [1.54, 1.807) is 0 Å². The third kappa shape index (κ3) is 5.64. The second kappa shape index (κ2) is 10.2. The Morgan fingerprint density at radius 2 is 1.70 bits per heavy atom. The summed E-state index contributed by atoms with van der Waals surface area (Å²) in [4.78, 5) is 17.7. The third-order valence-electron chi connectivity index (χ3n) is 6.90. The molecule has 3 heterocycles. The fraction of sp³-hybridized carbons (Fsp3) is 0.320. The second-order valence-electron chi connectivity index (χ2n) is 10.3. The molecule has 1 atom stereocenters. The SMILES string of the molecule is CC(C)(c1nnc(-c2ccc3c(c2)N(Cc2ccc(-c4noc(C(F)(F)F)n4)cc2)C(=O)[C@@H](N)CS3(=O)=O)o1)S(C)(=O)=O. The zero-order valence-corrected chi connectivity index (χ0v) is 24.3. The lowest BCUT2D eigenvalue weighted by atomic mass is 10.1. The Bertz CT molecular complexity index is 1940. The van der Waals surface area contributed by atoms with Crippen molar-refractivity contribution >= 4 is 31.3 Å². The van der Waals surface area contributed by atoms with Crippen LogP contribution in [-0.2, 0) is 41.9 Å². The molecule has 0 spiro atoms. The summed E-state index contributed by atoms with van der Waals surface area (Å²) in [6.07, 6.45) is -3.79. The molecule has 0 bridgehead atoms. The molecule has 0 saturated carbocycles. The van der Waals surface area contributed by atoms with E-state index < -0.39 is 54.2 Å². The molecule has 0 fully saturated rings. The van der Waals surface area contributed by atoms with Crippen molar-refractivity contribution in [1.29, 1.82) is 0 Å². The van der Waals surface area contributed by atoms with Gasteiger partial charge in [-0.2, -0.15) is 18.2 Å². The lowest BCUT2D eigenvalue weighted by molar-refractivity contribution is -0.159. The van der Waals surface area contributed by atoms with Crippen LogP contribution in [-0.4, -0.2) is 61.1 Å². The summed E-state index contributed by atoms with van der Waals surface area (Å²) in [5.41, 5.74) is 6.82. The number of rotatable bonds is 6. The predicted octanol–water partition coefficient (Wildman–Crippen LogP) is 2.73. The minimum absolute atomic E-state index is 0.0327. The Morgan fingerprint density at radius 1 is 1.05 bits per heavy atom. The molecule has 18 heteroatoms. The van der Waals surface area contributed by atoms with Gasteiger partial charge in [-0.25, -0.2) is 16.8 Å². The molecule has 0 saturated heterocycles. The van der Waals surface area contributed by atoms with Crippen LogP contribution in [0.3, 0.4) is 0 Å². The van der Waals surface area contributed by atoms with Gasteiger partial charge in [0.25, 0.3) is 0 Å². The number of fused-ring (bicyclic) bond motifs is 1. The molecule has 13 nitrogen and oxygen atoms in total. The van der Waals surface area contributed by atoms with Crippen LogP contribution in [0, 0.1) is 0 Å². The molecule has 5 rings (SSSR count). The standard InChI is InChI=1S/C25H23F3N6O7S2/c1-24(2,42(3,36)37)22-32-31-20(40-22)15-8-9-18-17(10-15)34(21(35)16(29)12-43(18,38)39)11-13-4-6-14(7-5-13)19-30-23(41-33-19)25(26,27)28/h4-10,16H,11-12,29H2,1-3H3/t16-/m0/s1. The summed E-state index contributed by atoms with van der Waals surface area (Å²) >= 11 is 0. The van der Waals surface area contributed by atoms with E-state index in [-0.39, 0.29) is 45.9 Å². The van der Waals surface area contributed by atoms with E-state index in [9.17, 15) is 34.8 Å². The van der Waals surface area contributed by atoms with E-state index in [0.29, 0.717) is 5.56 Å². The number of carbonyl (C=O) groups is 1. The molecule has 0 aliphatic carbocycles. The van der Waals surface area contributed by atoms with Crippen molar-refractivity contribution < 1.29 is 43.7 Å². The molecular weight excluding hydrogens is 617 g/mol. The quantitative estimate of drug-likeness (QED) is 0.324. The number of hydrogen-bond acceptors (Lipinski definition) is 12. The van der Waals surface area contributed by atoms with Crippen LogP contribution in [0.5, 0.6) is 0 Å². The summed E-state index contributed by atoms with van der Waals surface area (Å²) < 4.78 is 97.6. The van der Waals surface area contributed by atoms with E-state index in [2.05, 4.69) is 24.9 Å². The summed E-state index contributed by atoms with van der Waals surface area (Å²) in [5.74, 6) is -3.47. The highest BCUT2D eigenvalue weighted by Crippen LogP contribution is 2.37. The van der Waals surface area contributed by atoms with Crippen molar-refractivity contribution in [1.82, 2.24) is 20.3 Å². The highest BCUT2D eigenvalue weighted by molar-refractivity contribution is 7.92. The van der Waals surface area contributed by atoms with Gasteiger partial charge in [-0.1, -0.05) is 29.4 Å². The molecule has 1 amide bonds. The van der Waals surface area contributed by atoms with Crippen molar-refractivity contribution in [2.45, 2.75) is 42.3 Å². The van der Waals surface area contributed by atoms with Crippen molar-refractivity contribution in [2.75, 3.05) is 16.9 Å². The highest BCUT2D eigenvalue weighted by Gasteiger charge is 2.40. The molecule has 0 unspecified atom stereocenters. The first kappa shape index (κ1) is 30.3. The number of sulfone groups is 2. The average Bonchev–Trinajstić information content (AvgIpc) is 3.60. The van der Waals surface area contributed by atoms with Gasteiger partial charge in [0.1, 0.15) is 4.75 Å². The number of anilines is 1. The van der Waals surface area contributed by atoms with E-state index >= 15 is 0 Å². The fourth-order valence-electron chi connectivity index (χ4n) is 4.14. The van der Waals surface area contributed by atoms with Gasteiger partial charge >= 0.3 is 12.1 Å². The highest BCUT2D eigenvalue weighted by atomic mass is 32.2. The molecular formula is C25H23F3N6O7S2. The second-order valence-corrected chi connectivity index (χ2v) is 14.9. The summed E-state index contributed by atoms with van der Waals surface area (Å²) in [7, 11) is -7.67. The predicted molar refractivity (Wildman–Crippen MR) is 144 cm³/mol. The Balaban J connectivity index is 1.52. The summed E-state index contributed by atoms with van der Waals surface area (Å²) in [6.45, 7) is 2.61. The first-order chi connectivity index (χ1) is 19.9. The van der Waals surface area contributed by atoms with Crippen LogP contribution < -0.4 is 10.6 Å². The zero-order chi connectivity index (χ0) is 31.5. The number of aromatic nitrogens is 4. The first-order valence-electron chi connectivity index (χ1n) is 12.4. The minimum atomic E-state index is -4.81. The molecule has 4 aromatic rings. The molecule has 43 heavy (non-hydrogen) atoms. The van der Waals surface area contributed by atoms with Crippen LogP contribution >= 0.6 is 0 Å². The Morgan fingerprint density at radius 3 is 2.30 bits per heavy atom. The summed E-state index contributed by atoms with van der Waals surface area (Å²) in [6, 6.07) is 8.43. The first-order valence-corrected chi connectivity index (χ1v) is 15.9. The molecule has 228 valence electrons. The van der Waals surface area contributed by atoms with Gasteiger partial charge in [-0.15, -0.1) is 10.2 Å². The molecule has 1 aliphatic rings. The molecule has 2 N–H and O–H groups in total. The van der Waals surface area contributed by atoms with Crippen LogP contribution in [0.25, 0.3) is 22.8 Å². The van der Waals surface area contributed by atoms with Crippen molar-refractivity contribution in [2.24, 2.45) is 5.73 Å². The fourth-order valence-corrected chi connectivity index (χ4v) is 6.10. The number of nitrogens with zero attached hydrogens (tertiary/aromatic N) is 5. The van der Waals surface area contributed by atoms with Crippen molar-refractivity contribution in [3.63, 3.8) is 0 Å². The van der Waals surface area contributed by atoms with Gasteiger partial charge in [-0.05, 0) is 37.6 Å². The zero-order valence-electron chi connectivity index (χ0n) is 22.7. The number of alkyl halides is 3. The Kier molecular flexibility index (Phi) is 7.21. The van der Waals surface area contributed by atoms with E-state index in [1.165, 1.54) is 56.3 Å². The number of amides is 1. The topological polar surface area (TPSA) is 192 Å². The van der Waals surface area contributed by atoms with Gasteiger partial charge in [0.05, 0.1) is 28.9 Å². The number of benzene rings is 2. The lowest BCUT2D eigenvalue weighted by Gasteiger charge is -2.24. The maximum absolute atomic E-state index is 13.4. The maximum Gasteiger partial charge on any atom is 0.471 e. The van der Waals surface area contributed by atoms with E-state index in [1.807, 2.05) is 0 Å². The third-order valence-corrected chi connectivity index (χ3v) is 10.7. The van der Waals surface area contributed by atoms with Crippen molar-refractivity contribution in [3.8, 4) is 22.8 Å². The normalized spacial score (nSPS) is 17.5. The molecule has 0 radical (unpaired) electrons. The lowest BCUT2D eigenvalue weighted by Crippen LogP contribution is -2.45. The van der Waals surface area contributed by atoms with Gasteiger partial charge in [-0.3, -0.25) is 4.79 Å². The molecule has 2 aromatic heterocycles. The van der Waals surface area contributed by atoms with Gasteiger partial charge in [0.2, 0.25) is 23.5 Å². The average molecular weight is 641 g/mol. The molecule has 1 aliphatic heterocycles. The van der Waals surface area contributed by atoms with Crippen LogP contribution in [0.15, 0.2) is 56.3 Å². The Labute approximate surface area is 242 Å². The molecule has 2 aromatic carbocycles. The largest absolute Gasteiger partial charge is 0.471 e. The number of carbonyl (C=O) groups excluding carboxylic acids is 1. The van der Waals surface area contributed by atoms with Crippen molar-refractivity contribution in [3.05, 3.63) is 59.8 Å². The smallest absolute Gasteiger partial charge is 0.419 e. The van der Waals surface area contributed by atoms with Gasteiger partial charge in [0, 0.05) is 17.4 Å². The van der Waals surface area contributed by atoms with Crippen LogP contribution in [0.2, 0.25) is 0 Å². The number of halogens is 3. The van der Waals surface area contributed by atoms with Gasteiger partial charge < -0.3 is 19.6 Å². The summed E-state index contributed by atoms with van der Waals surface area (Å²) in [5, 5.41) is 11.1. The number of hydrogen-bond donors (Lipinski definition) is 1. The number of nitrogens with two attached hydrogens (primary N) is 1. The monoisotopic (exact) mass is 640 g/mol. The minimum Gasteiger partial charge on any atom is -0.419 e. The van der Waals surface area contributed by atoms with E-state index in [4.69, 9.17) is 10.2 Å². The van der Waals surface area contributed by atoms with Crippen LogP contribution in [0.1, 0.15) is 31.2 Å². The maximum atomic E-state index is 13.4. The van der Waals surface area contributed by atoms with Crippen LogP contribution in [0.4, 0.5) is 18.9 Å². The van der Waals surface area contributed by atoms with E-state index in [0.717, 1.165) is 11.2 Å². The Hall–Kier alpha value is -4.16.